The molecule has 1 heterocycles. The number of nitrogens with one attached hydrogen (secondary N) is 2. The number of halogens is 1. The summed E-state index contributed by atoms with van der Waals surface area (Å²) in [6, 6.07) is 15.5. The van der Waals surface area contributed by atoms with Gasteiger partial charge in [0.05, 0.1) is 17.4 Å². The Morgan fingerprint density at radius 2 is 1.92 bits per heavy atom. The highest BCUT2D eigenvalue weighted by atomic mass is 35.5. The van der Waals surface area contributed by atoms with Gasteiger partial charge in [0.1, 0.15) is 0 Å². The summed E-state index contributed by atoms with van der Waals surface area (Å²) in [5, 5.41) is 6.89. The Hall–Kier alpha value is -2.85. The van der Waals surface area contributed by atoms with E-state index in [0.29, 0.717) is 17.1 Å². The van der Waals surface area contributed by atoms with Crippen molar-refractivity contribution in [2.75, 3.05) is 5.32 Å². The van der Waals surface area contributed by atoms with E-state index in [1.807, 2.05) is 50.2 Å². The Labute approximate surface area is 158 Å². The SMILES string of the molecule is Cc1cccc(CNC(=O)c2cncc(Nc3ccc(Cl)cc3C)c2)c1. The van der Waals surface area contributed by atoms with Crippen LogP contribution in [0, 0.1) is 13.8 Å². The lowest BCUT2D eigenvalue weighted by Crippen LogP contribution is -2.23. The number of anilines is 2. The van der Waals surface area contributed by atoms with E-state index in [1.54, 1.807) is 18.5 Å². The van der Waals surface area contributed by atoms with Gasteiger partial charge in [-0.3, -0.25) is 9.78 Å². The fraction of sp³-hybridized carbons (Fsp3) is 0.143. The van der Waals surface area contributed by atoms with Crippen molar-refractivity contribution >= 4 is 28.9 Å². The number of rotatable bonds is 5. The molecule has 0 bridgehead atoms. The molecule has 132 valence electrons. The van der Waals surface area contributed by atoms with Crippen molar-refractivity contribution in [2.45, 2.75) is 20.4 Å². The maximum atomic E-state index is 12.4. The predicted octanol–water partition coefficient (Wildman–Crippen LogP) is 5.03. The summed E-state index contributed by atoms with van der Waals surface area (Å²) in [4.78, 5) is 16.6. The lowest BCUT2D eigenvalue weighted by molar-refractivity contribution is 0.0950. The molecule has 0 saturated carbocycles. The Morgan fingerprint density at radius 1 is 1.08 bits per heavy atom. The van der Waals surface area contributed by atoms with Crippen molar-refractivity contribution in [1.82, 2.24) is 10.3 Å². The van der Waals surface area contributed by atoms with Crippen LogP contribution in [0.2, 0.25) is 5.02 Å². The van der Waals surface area contributed by atoms with E-state index in [1.165, 1.54) is 5.56 Å². The second kappa shape index (κ2) is 8.02. The van der Waals surface area contributed by atoms with Crippen LogP contribution in [0.15, 0.2) is 60.9 Å². The lowest BCUT2D eigenvalue weighted by Gasteiger charge is -2.11. The molecule has 0 aliphatic rings. The molecular formula is C21H20ClN3O. The molecule has 5 heteroatoms. The zero-order chi connectivity index (χ0) is 18.5. The van der Waals surface area contributed by atoms with Crippen LogP contribution in [-0.4, -0.2) is 10.9 Å². The Morgan fingerprint density at radius 3 is 2.69 bits per heavy atom. The van der Waals surface area contributed by atoms with Crippen molar-refractivity contribution in [1.29, 1.82) is 0 Å². The molecule has 26 heavy (non-hydrogen) atoms. The number of benzene rings is 2. The van der Waals surface area contributed by atoms with E-state index in [-0.39, 0.29) is 5.91 Å². The van der Waals surface area contributed by atoms with Crippen LogP contribution in [0.1, 0.15) is 27.0 Å². The number of pyridine rings is 1. The van der Waals surface area contributed by atoms with Gasteiger partial charge in [-0.1, -0.05) is 41.4 Å². The molecule has 0 aliphatic carbocycles. The van der Waals surface area contributed by atoms with Crippen LogP contribution in [0.4, 0.5) is 11.4 Å². The third-order valence-electron chi connectivity index (χ3n) is 4.00. The minimum Gasteiger partial charge on any atom is -0.354 e. The molecule has 1 amide bonds. The molecule has 3 aromatic rings. The van der Waals surface area contributed by atoms with Gasteiger partial charge >= 0.3 is 0 Å². The molecule has 1 aromatic heterocycles. The fourth-order valence-electron chi connectivity index (χ4n) is 2.66. The number of aromatic nitrogens is 1. The molecular weight excluding hydrogens is 346 g/mol. The highest BCUT2D eigenvalue weighted by Crippen LogP contribution is 2.23. The molecule has 2 N–H and O–H groups in total. The predicted molar refractivity (Wildman–Crippen MR) is 106 cm³/mol. The first-order valence-corrected chi connectivity index (χ1v) is 8.71. The molecule has 2 aromatic carbocycles. The van der Waals surface area contributed by atoms with Gasteiger partial charge in [-0.05, 0) is 49.2 Å². The number of hydrogen-bond donors (Lipinski definition) is 2. The van der Waals surface area contributed by atoms with Crippen molar-refractivity contribution in [3.63, 3.8) is 0 Å². The van der Waals surface area contributed by atoms with Gasteiger partial charge < -0.3 is 10.6 Å². The summed E-state index contributed by atoms with van der Waals surface area (Å²) in [5.41, 5.74) is 5.44. The van der Waals surface area contributed by atoms with Gasteiger partial charge in [-0.2, -0.15) is 0 Å². The number of hydrogen-bond acceptors (Lipinski definition) is 3. The maximum Gasteiger partial charge on any atom is 0.253 e. The first kappa shape index (κ1) is 18.0. The van der Waals surface area contributed by atoms with Crippen molar-refractivity contribution in [2.24, 2.45) is 0 Å². The van der Waals surface area contributed by atoms with Gasteiger partial charge in [0.2, 0.25) is 0 Å². The highest BCUT2D eigenvalue weighted by Gasteiger charge is 2.08. The minimum absolute atomic E-state index is 0.157. The van der Waals surface area contributed by atoms with Crippen LogP contribution in [-0.2, 0) is 6.54 Å². The molecule has 0 fully saturated rings. The van der Waals surface area contributed by atoms with Gasteiger partial charge in [0.25, 0.3) is 5.91 Å². The molecule has 0 radical (unpaired) electrons. The van der Waals surface area contributed by atoms with Gasteiger partial charge in [-0.25, -0.2) is 0 Å². The van der Waals surface area contributed by atoms with E-state index in [4.69, 9.17) is 11.6 Å². The summed E-state index contributed by atoms with van der Waals surface area (Å²) in [6.45, 7) is 4.48. The quantitative estimate of drug-likeness (QED) is 0.667. The number of aryl methyl sites for hydroxylation is 2. The van der Waals surface area contributed by atoms with Gasteiger partial charge in [0.15, 0.2) is 0 Å². The third kappa shape index (κ3) is 4.61. The van der Waals surface area contributed by atoms with E-state index < -0.39 is 0 Å². The van der Waals surface area contributed by atoms with Crippen LogP contribution in [0.5, 0.6) is 0 Å². The van der Waals surface area contributed by atoms with E-state index in [0.717, 1.165) is 22.5 Å². The summed E-state index contributed by atoms with van der Waals surface area (Å²) in [6.07, 6.45) is 3.25. The summed E-state index contributed by atoms with van der Waals surface area (Å²) in [7, 11) is 0. The van der Waals surface area contributed by atoms with Gasteiger partial charge in [0, 0.05) is 23.5 Å². The molecule has 0 aliphatic heterocycles. The topological polar surface area (TPSA) is 54.0 Å². The average molecular weight is 366 g/mol. The summed E-state index contributed by atoms with van der Waals surface area (Å²) in [5.74, 6) is -0.157. The molecule has 3 rings (SSSR count). The van der Waals surface area contributed by atoms with Crippen molar-refractivity contribution < 1.29 is 4.79 Å². The van der Waals surface area contributed by atoms with Crippen molar-refractivity contribution in [3.05, 3.63) is 88.2 Å². The van der Waals surface area contributed by atoms with E-state index >= 15 is 0 Å². The van der Waals surface area contributed by atoms with E-state index in [9.17, 15) is 4.79 Å². The number of nitrogens with zero attached hydrogens (tertiary/aromatic N) is 1. The lowest BCUT2D eigenvalue weighted by atomic mass is 10.1. The number of carbonyl (C=O) groups excluding carboxylic acids is 1. The largest absolute Gasteiger partial charge is 0.354 e. The molecule has 4 nitrogen and oxygen atoms in total. The Kier molecular flexibility index (Phi) is 5.54. The zero-order valence-corrected chi connectivity index (χ0v) is 15.5. The molecule has 0 atom stereocenters. The average Bonchev–Trinajstić information content (AvgIpc) is 2.62. The second-order valence-corrected chi connectivity index (χ2v) is 6.65. The van der Waals surface area contributed by atoms with Crippen LogP contribution >= 0.6 is 11.6 Å². The number of carbonyl (C=O) groups is 1. The van der Waals surface area contributed by atoms with Crippen LogP contribution < -0.4 is 10.6 Å². The Bertz CT molecular complexity index is 940. The molecule has 0 saturated heterocycles. The normalized spacial score (nSPS) is 10.4. The van der Waals surface area contributed by atoms with Crippen LogP contribution in [0.25, 0.3) is 0 Å². The van der Waals surface area contributed by atoms with Crippen LogP contribution in [0.3, 0.4) is 0 Å². The summed E-state index contributed by atoms with van der Waals surface area (Å²) < 4.78 is 0. The Balaban J connectivity index is 1.69. The van der Waals surface area contributed by atoms with Gasteiger partial charge in [-0.15, -0.1) is 0 Å². The zero-order valence-electron chi connectivity index (χ0n) is 14.7. The first-order chi connectivity index (χ1) is 12.5. The second-order valence-electron chi connectivity index (χ2n) is 6.22. The summed E-state index contributed by atoms with van der Waals surface area (Å²) >= 11 is 5.99. The standard InChI is InChI=1S/C21H20ClN3O/c1-14-4-3-5-16(8-14)11-24-21(26)17-10-19(13-23-12-17)25-20-7-6-18(22)9-15(20)2/h3-10,12-13,25H,11H2,1-2H3,(H,24,26). The number of amides is 1. The van der Waals surface area contributed by atoms with Crippen molar-refractivity contribution in [3.8, 4) is 0 Å². The maximum absolute atomic E-state index is 12.4. The first-order valence-electron chi connectivity index (χ1n) is 8.33. The van der Waals surface area contributed by atoms with E-state index in [2.05, 4.69) is 21.7 Å². The fourth-order valence-corrected chi connectivity index (χ4v) is 2.89. The molecule has 0 spiro atoms. The monoisotopic (exact) mass is 365 g/mol. The smallest absolute Gasteiger partial charge is 0.253 e. The minimum atomic E-state index is -0.157. The third-order valence-corrected chi connectivity index (χ3v) is 4.24. The molecule has 0 unspecified atom stereocenters. The highest BCUT2D eigenvalue weighted by molar-refractivity contribution is 6.30.